The van der Waals surface area contributed by atoms with Gasteiger partial charge in [0.2, 0.25) is 6.79 Å². The molecule has 4 aromatic rings. The molecule has 1 aliphatic rings. The number of hydrogen-bond donors (Lipinski definition) is 1. The van der Waals surface area contributed by atoms with Gasteiger partial charge in [-0.2, -0.15) is 5.10 Å². The zero-order valence-corrected chi connectivity index (χ0v) is 16.8. The fraction of sp³-hybridized carbons (Fsp3) is 0.227. The van der Waals surface area contributed by atoms with Crippen LogP contribution in [0.25, 0.3) is 16.6 Å². The van der Waals surface area contributed by atoms with E-state index in [1.54, 1.807) is 11.7 Å². The molecule has 0 aliphatic carbocycles. The highest BCUT2D eigenvalue weighted by molar-refractivity contribution is 5.94. The quantitative estimate of drug-likeness (QED) is 0.512. The zero-order chi connectivity index (χ0) is 21.4. The fourth-order valence-electron chi connectivity index (χ4n) is 3.68. The van der Waals surface area contributed by atoms with Crippen molar-refractivity contribution in [1.29, 1.82) is 0 Å². The molecule has 0 spiro atoms. The van der Waals surface area contributed by atoms with Crippen LogP contribution in [0.3, 0.4) is 0 Å². The third-order valence-corrected chi connectivity index (χ3v) is 5.22. The Morgan fingerprint density at radius 1 is 1.10 bits per heavy atom. The van der Waals surface area contributed by atoms with E-state index < -0.39 is 0 Å². The van der Waals surface area contributed by atoms with Crippen LogP contribution in [0.15, 0.2) is 53.3 Å². The van der Waals surface area contributed by atoms with E-state index in [0.29, 0.717) is 36.7 Å². The van der Waals surface area contributed by atoms with Gasteiger partial charge in [0.05, 0.1) is 17.6 Å². The van der Waals surface area contributed by atoms with Crippen molar-refractivity contribution in [3.63, 3.8) is 0 Å². The van der Waals surface area contributed by atoms with Crippen LogP contribution < -0.4 is 20.3 Å². The predicted octanol–water partition coefficient (Wildman–Crippen LogP) is 1.95. The molecule has 0 fully saturated rings. The molecule has 1 N–H and O–H groups in total. The molecule has 0 radical (unpaired) electrons. The first-order valence-electron chi connectivity index (χ1n) is 9.82. The Labute approximate surface area is 176 Å². The summed E-state index contributed by atoms with van der Waals surface area (Å²) >= 11 is 0. The maximum Gasteiger partial charge on any atom is 0.277 e. The number of ether oxygens (including phenoxy) is 3. The molecule has 2 aromatic carbocycles. The number of amides is 1. The van der Waals surface area contributed by atoms with Gasteiger partial charge in [-0.1, -0.05) is 18.2 Å². The smallest absolute Gasteiger partial charge is 0.277 e. The number of fused-ring (bicyclic) bond motifs is 4. The predicted molar refractivity (Wildman–Crippen MR) is 113 cm³/mol. The van der Waals surface area contributed by atoms with Gasteiger partial charge in [0.15, 0.2) is 17.2 Å². The lowest BCUT2D eigenvalue weighted by molar-refractivity contribution is 0.0945. The van der Waals surface area contributed by atoms with Gasteiger partial charge in [0.25, 0.3) is 11.5 Å². The van der Waals surface area contributed by atoms with E-state index in [0.717, 1.165) is 16.6 Å². The molecule has 0 saturated carbocycles. The second-order valence-corrected chi connectivity index (χ2v) is 7.14. The summed E-state index contributed by atoms with van der Waals surface area (Å²) in [6.45, 7) is 1.30. The van der Waals surface area contributed by atoms with Gasteiger partial charge in [0.1, 0.15) is 5.52 Å². The Hall–Kier alpha value is -3.85. The molecule has 9 nitrogen and oxygen atoms in total. The number of aromatic nitrogens is 3. The summed E-state index contributed by atoms with van der Waals surface area (Å²) < 4.78 is 19.0. The maximum atomic E-state index is 13.1. The summed E-state index contributed by atoms with van der Waals surface area (Å²) in [5.74, 6) is 0.975. The first-order chi connectivity index (χ1) is 15.2. The Balaban J connectivity index is 1.46. The number of carbonyl (C=O) groups is 1. The Bertz CT molecular complexity index is 1360. The Kier molecular flexibility index (Phi) is 4.79. The molecule has 0 saturated heterocycles. The second kappa shape index (κ2) is 7.77. The normalized spacial score (nSPS) is 12.5. The lowest BCUT2D eigenvalue weighted by Crippen LogP contribution is -2.24. The molecule has 31 heavy (non-hydrogen) atoms. The second-order valence-electron chi connectivity index (χ2n) is 7.14. The van der Waals surface area contributed by atoms with E-state index in [-0.39, 0.29) is 24.0 Å². The SMILES string of the molecule is COCCn1c(=O)c2cc(C(=O)NCc3ccc4c(c3)OCO4)nn2c2ccccc21. The fourth-order valence-corrected chi connectivity index (χ4v) is 3.68. The number of methoxy groups -OCH3 is 1. The van der Waals surface area contributed by atoms with Gasteiger partial charge in [-0.25, -0.2) is 4.52 Å². The molecule has 1 amide bonds. The Morgan fingerprint density at radius 2 is 1.90 bits per heavy atom. The van der Waals surface area contributed by atoms with Crippen molar-refractivity contribution in [2.45, 2.75) is 13.1 Å². The standard InChI is InChI=1S/C22H20N4O5/c1-29-9-8-25-16-4-2-3-5-17(16)26-18(22(25)28)11-15(24-26)21(27)23-12-14-6-7-19-20(10-14)31-13-30-19/h2-7,10-11H,8-9,12-13H2,1H3,(H,23,27). The van der Waals surface area contributed by atoms with Gasteiger partial charge in [-0.15, -0.1) is 0 Å². The number of para-hydroxylation sites is 2. The van der Waals surface area contributed by atoms with E-state index in [9.17, 15) is 9.59 Å². The molecule has 0 atom stereocenters. The Morgan fingerprint density at radius 3 is 2.74 bits per heavy atom. The molecule has 3 heterocycles. The van der Waals surface area contributed by atoms with Crippen molar-refractivity contribution in [3.05, 3.63) is 70.1 Å². The summed E-state index contributed by atoms with van der Waals surface area (Å²) in [6, 6.07) is 14.5. The zero-order valence-electron chi connectivity index (χ0n) is 16.8. The van der Waals surface area contributed by atoms with Gasteiger partial charge in [-0.3, -0.25) is 9.59 Å². The first-order valence-corrected chi connectivity index (χ1v) is 9.82. The minimum Gasteiger partial charge on any atom is -0.454 e. The van der Waals surface area contributed by atoms with Crippen LogP contribution in [0, 0.1) is 0 Å². The van der Waals surface area contributed by atoms with Gasteiger partial charge in [0, 0.05) is 26.3 Å². The highest BCUT2D eigenvalue weighted by Gasteiger charge is 2.18. The van der Waals surface area contributed by atoms with E-state index >= 15 is 0 Å². The van der Waals surface area contributed by atoms with Crippen molar-refractivity contribution in [3.8, 4) is 11.5 Å². The van der Waals surface area contributed by atoms with E-state index in [1.165, 1.54) is 10.6 Å². The summed E-state index contributed by atoms with van der Waals surface area (Å²) in [7, 11) is 1.59. The molecule has 1 aliphatic heterocycles. The summed E-state index contributed by atoms with van der Waals surface area (Å²) in [5.41, 5.74) is 2.62. The van der Waals surface area contributed by atoms with Gasteiger partial charge in [-0.05, 0) is 29.8 Å². The molecular weight excluding hydrogens is 400 g/mol. The number of nitrogens with one attached hydrogen (secondary N) is 1. The lowest BCUT2D eigenvalue weighted by atomic mass is 10.2. The minimum absolute atomic E-state index is 0.174. The number of hydrogen-bond acceptors (Lipinski definition) is 6. The third-order valence-electron chi connectivity index (χ3n) is 5.22. The topological polar surface area (TPSA) is 96.1 Å². The van der Waals surface area contributed by atoms with E-state index in [4.69, 9.17) is 14.2 Å². The molecule has 5 rings (SSSR count). The van der Waals surface area contributed by atoms with Crippen LogP contribution in [0.2, 0.25) is 0 Å². The van der Waals surface area contributed by atoms with Crippen LogP contribution in [-0.2, 0) is 17.8 Å². The molecule has 158 valence electrons. The number of nitrogens with zero attached hydrogens (tertiary/aromatic N) is 3. The average Bonchev–Trinajstić information content (AvgIpc) is 3.45. The lowest BCUT2D eigenvalue weighted by Gasteiger charge is -2.11. The average molecular weight is 420 g/mol. The van der Waals surface area contributed by atoms with Crippen LogP contribution in [0.5, 0.6) is 11.5 Å². The number of benzene rings is 2. The van der Waals surface area contributed by atoms with E-state index in [1.807, 2.05) is 42.5 Å². The van der Waals surface area contributed by atoms with E-state index in [2.05, 4.69) is 10.4 Å². The van der Waals surface area contributed by atoms with Crippen LogP contribution in [0.4, 0.5) is 0 Å². The minimum atomic E-state index is -0.367. The van der Waals surface area contributed by atoms with Gasteiger partial charge >= 0.3 is 0 Å². The van der Waals surface area contributed by atoms with Crippen molar-refractivity contribution in [2.75, 3.05) is 20.5 Å². The number of rotatable bonds is 6. The van der Waals surface area contributed by atoms with Gasteiger partial charge < -0.3 is 24.1 Å². The first kappa shape index (κ1) is 19.1. The van der Waals surface area contributed by atoms with Crippen molar-refractivity contribution in [1.82, 2.24) is 19.5 Å². The molecule has 9 heteroatoms. The molecular formula is C22H20N4O5. The monoisotopic (exact) mass is 420 g/mol. The highest BCUT2D eigenvalue weighted by atomic mass is 16.7. The summed E-state index contributed by atoms with van der Waals surface area (Å²) in [5, 5.41) is 7.25. The number of carbonyl (C=O) groups excluding carboxylic acids is 1. The van der Waals surface area contributed by atoms with Crippen molar-refractivity contribution >= 4 is 22.5 Å². The van der Waals surface area contributed by atoms with Crippen molar-refractivity contribution in [2.24, 2.45) is 0 Å². The van der Waals surface area contributed by atoms with Crippen LogP contribution in [-0.4, -0.2) is 40.6 Å². The summed E-state index contributed by atoms with van der Waals surface area (Å²) in [4.78, 5) is 25.8. The van der Waals surface area contributed by atoms with Crippen molar-refractivity contribution < 1.29 is 19.0 Å². The summed E-state index contributed by atoms with van der Waals surface area (Å²) in [6.07, 6.45) is 0. The molecule has 0 unspecified atom stereocenters. The highest BCUT2D eigenvalue weighted by Crippen LogP contribution is 2.32. The maximum absolute atomic E-state index is 13.1. The van der Waals surface area contributed by atoms with Crippen LogP contribution in [0.1, 0.15) is 16.1 Å². The molecule has 0 bridgehead atoms. The largest absolute Gasteiger partial charge is 0.454 e. The third kappa shape index (κ3) is 3.38. The molecule has 2 aromatic heterocycles. The van der Waals surface area contributed by atoms with Crippen LogP contribution >= 0.6 is 0 Å².